The summed E-state index contributed by atoms with van der Waals surface area (Å²) in [5.41, 5.74) is 1.58. The number of carbonyl (C=O) groups is 1. The van der Waals surface area contributed by atoms with E-state index >= 15 is 0 Å². The lowest BCUT2D eigenvalue weighted by molar-refractivity contribution is -0.125. The molecular weight excluding hydrogens is 373 g/mol. The highest BCUT2D eigenvalue weighted by Gasteiger charge is 2.31. The van der Waals surface area contributed by atoms with E-state index in [-0.39, 0.29) is 5.02 Å². The van der Waals surface area contributed by atoms with Gasteiger partial charge in [-0.25, -0.2) is 4.98 Å². The SMILES string of the molecule is CC(Oc1cccc(Cl)c1Cl)C(=O)C(C#N)c1nc2ccccc2n1C. The van der Waals surface area contributed by atoms with Gasteiger partial charge in [0, 0.05) is 7.05 Å². The normalized spacial score (nSPS) is 13.2. The van der Waals surface area contributed by atoms with Crippen molar-refractivity contribution >= 4 is 40.0 Å². The zero-order valence-electron chi connectivity index (χ0n) is 14.1. The van der Waals surface area contributed by atoms with Gasteiger partial charge in [0.25, 0.3) is 0 Å². The summed E-state index contributed by atoms with van der Waals surface area (Å²) in [5, 5.41) is 10.1. The van der Waals surface area contributed by atoms with Crippen LogP contribution in [0.2, 0.25) is 10.0 Å². The van der Waals surface area contributed by atoms with Crippen LogP contribution in [0.5, 0.6) is 5.75 Å². The molecule has 3 rings (SSSR count). The van der Waals surface area contributed by atoms with Gasteiger partial charge in [-0.15, -0.1) is 0 Å². The van der Waals surface area contributed by atoms with Crippen molar-refractivity contribution < 1.29 is 9.53 Å². The summed E-state index contributed by atoms with van der Waals surface area (Å²) in [6.45, 7) is 1.58. The Morgan fingerprint density at radius 1 is 1.23 bits per heavy atom. The number of benzene rings is 2. The van der Waals surface area contributed by atoms with Gasteiger partial charge in [0.1, 0.15) is 16.6 Å². The van der Waals surface area contributed by atoms with Crippen LogP contribution in [-0.4, -0.2) is 21.4 Å². The van der Waals surface area contributed by atoms with Crippen LogP contribution in [0.15, 0.2) is 42.5 Å². The Morgan fingerprint density at radius 2 is 1.96 bits per heavy atom. The summed E-state index contributed by atoms with van der Waals surface area (Å²) in [5.74, 6) is -0.782. The average molecular weight is 388 g/mol. The second-order valence-electron chi connectivity index (χ2n) is 5.79. The Labute approximate surface area is 160 Å². The molecule has 2 atom stereocenters. The smallest absolute Gasteiger partial charge is 0.197 e. The molecule has 3 aromatic rings. The van der Waals surface area contributed by atoms with Gasteiger partial charge in [0.15, 0.2) is 17.8 Å². The maximum atomic E-state index is 12.8. The van der Waals surface area contributed by atoms with Crippen LogP contribution in [0, 0.1) is 11.3 Å². The van der Waals surface area contributed by atoms with E-state index in [9.17, 15) is 10.1 Å². The molecule has 0 amide bonds. The number of nitriles is 1. The first kappa shape index (κ1) is 18.2. The number of fused-ring (bicyclic) bond motifs is 1. The molecule has 0 spiro atoms. The van der Waals surface area contributed by atoms with E-state index in [1.54, 1.807) is 36.7 Å². The van der Waals surface area contributed by atoms with Crippen molar-refractivity contribution in [3.05, 3.63) is 58.3 Å². The van der Waals surface area contributed by atoms with Crippen LogP contribution >= 0.6 is 23.2 Å². The second-order valence-corrected chi connectivity index (χ2v) is 6.58. The number of nitrogens with zero attached hydrogens (tertiary/aromatic N) is 3. The van der Waals surface area contributed by atoms with Crippen molar-refractivity contribution in [3.8, 4) is 11.8 Å². The molecule has 0 fully saturated rings. The third-order valence-corrected chi connectivity index (χ3v) is 4.92. The van der Waals surface area contributed by atoms with Crippen LogP contribution < -0.4 is 4.74 Å². The Hall–Kier alpha value is -2.55. The number of aromatic nitrogens is 2. The van der Waals surface area contributed by atoms with Gasteiger partial charge in [-0.1, -0.05) is 41.4 Å². The Morgan fingerprint density at radius 3 is 2.65 bits per heavy atom. The van der Waals surface area contributed by atoms with Gasteiger partial charge >= 0.3 is 0 Å². The molecule has 0 radical (unpaired) electrons. The first-order valence-electron chi connectivity index (χ1n) is 7.89. The number of Topliss-reactive ketones (excluding diaryl/α,β-unsaturated/α-hetero) is 1. The van der Waals surface area contributed by atoms with Crippen molar-refractivity contribution in [2.75, 3.05) is 0 Å². The van der Waals surface area contributed by atoms with Gasteiger partial charge in [-0.3, -0.25) is 4.79 Å². The van der Waals surface area contributed by atoms with Gasteiger partial charge in [-0.05, 0) is 31.2 Å². The van der Waals surface area contributed by atoms with E-state index in [0.29, 0.717) is 16.6 Å². The van der Waals surface area contributed by atoms with E-state index < -0.39 is 17.8 Å². The highest BCUT2D eigenvalue weighted by molar-refractivity contribution is 6.42. The van der Waals surface area contributed by atoms with Gasteiger partial charge in [-0.2, -0.15) is 5.26 Å². The molecule has 2 aromatic carbocycles. The second kappa shape index (κ2) is 7.36. The average Bonchev–Trinajstić information content (AvgIpc) is 2.96. The number of halogens is 2. The van der Waals surface area contributed by atoms with Crippen LogP contribution in [-0.2, 0) is 11.8 Å². The molecule has 1 heterocycles. The largest absolute Gasteiger partial charge is 0.481 e. The number of aryl methyl sites for hydroxylation is 1. The summed E-state index contributed by atoms with van der Waals surface area (Å²) >= 11 is 12.1. The zero-order valence-corrected chi connectivity index (χ0v) is 15.6. The third kappa shape index (κ3) is 3.26. The molecule has 0 aliphatic carbocycles. The van der Waals surface area contributed by atoms with E-state index in [1.807, 2.05) is 30.3 Å². The first-order chi connectivity index (χ1) is 12.4. The standard InChI is InChI=1S/C19H15Cl2N3O2/c1-11(26-16-9-5-6-13(20)17(16)21)18(25)12(10-22)19-23-14-7-3-4-8-15(14)24(19)2/h3-9,11-12H,1-2H3. The van der Waals surface area contributed by atoms with Crippen LogP contribution in [0.3, 0.4) is 0 Å². The number of hydrogen-bond acceptors (Lipinski definition) is 4. The highest BCUT2D eigenvalue weighted by Crippen LogP contribution is 2.33. The monoisotopic (exact) mass is 387 g/mol. The predicted molar refractivity (Wildman–Crippen MR) is 101 cm³/mol. The number of hydrogen-bond donors (Lipinski definition) is 0. The fourth-order valence-electron chi connectivity index (χ4n) is 2.73. The first-order valence-corrected chi connectivity index (χ1v) is 8.65. The fraction of sp³-hybridized carbons (Fsp3) is 0.211. The minimum atomic E-state index is -1.06. The van der Waals surface area contributed by atoms with Crippen molar-refractivity contribution in [1.29, 1.82) is 5.26 Å². The summed E-state index contributed by atoms with van der Waals surface area (Å²) in [6.07, 6.45) is -0.893. The Bertz CT molecular complexity index is 1020. The molecule has 0 N–H and O–H groups in total. The number of para-hydroxylation sites is 2. The molecule has 0 bridgehead atoms. The van der Waals surface area contributed by atoms with E-state index in [1.165, 1.54) is 0 Å². The number of rotatable bonds is 5. The minimum Gasteiger partial charge on any atom is -0.481 e. The maximum Gasteiger partial charge on any atom is 0.197 e. The molecule has 1 aromatic heterocycles. The van der Waals surface area contributed by atoms with Gasteiger partial charge in [0.05, 0.1) is 22.1 Å². The third-order valence-electron chi connectivity index (χ3n) is 4.11. The molecule has 0 saturated heterocycles. The topological polar surface area (TPSA) is 67.9 Å². The number of ether oxygens (including phenoxy) is 1. The Kier molecular flexibility index (Phi) is 5.17. The van der Waals surface area contributed by atoms with E-state index in [0.717, 1.165) is 11.0 Å². The number of carbonyl (C=O) groups excluding carboxylic acids is 1. The summed E-state index contributed by atoms with van der Waals surface area (Å²) in [4.78, 5) is 17.3. The lowest BCUT2D eigenvalue weighted by Gasteiger charge is -2.17. The van der Waals surface area contributed by atoms with Crippen LogP contribution in [0.25, 0.3) is 11.0 Å². The van der Waals surface area contributed by atoms with E-state index in [4.69, 9.17) is 27.9 Å². The molecule has 26 heavy (non-hydrogen) atoms. The fourth-order valence-corrected chi connectivity index (χ4v) is 3.07. The van der Waals surface area contributed by atoms with Crippen molar-refractivity contribution in [1.82, 2.24) is 9.55 Å². The van der Waals surface area contributed by atoms with Crippen LogP contribution in [0.1, 0.15) is 18.7 Å². The van der Waals surface area contributed by atoms with Crippen molar-refractivity contribution in [3.63, 3.8) is 0 Å². The molecule has 132 valence electrons. The molecule has 0 aliphatic heterocycles. The highest BCUT2D eigenvalue weighted by atomic mass is 35.5. The van der Waals surface area contributed by atoms with Gasteiger partial charge < -0.3 is 9.30 Å². The van der Waals surface area contributed by atoms with Crippen LogP contribution in [0.4, 0.5) is 0 Å². The summed E-state index contributed by atoms with van der Waals surface area (Å²) in [7, 11) is 1.78. The molecule has 0 aliphatic rings. The quantitative estimate of drug-likeness (QED) is 0.644. The summed E-state index contributed by atoms with van der Waals surface area (Å²) < 4.78 is 7.40. The lowest BCUT2D eigenvalue weighted by Crippen LogP contribution is -2.30. The molecule has 5 nitrogen and oxygen atoms in total. The minimum absolute atomic E-state index is 0.227. The summed E-state index contributed by atoms with van der Waals surface area (Å²) in [6, 6.07) is 14.4. The molecule has 7 heteroatoms. The molecular formula is C19H15Cl2N3O2. The predicted octanol–water partition coefficient (Wildman–Crippen LogP) is 4.52. The van der Waals surface area contributed by atoms with Crippen molar-refractivity contribution in [2.24, 2.45) is 7.05 Å². The molecule has 2 unspecified atom stereocenters. The number of ketones is 1. The van der Waals surface area contributed by atoms with E-state index in [2.05, 4.69) is 4.98 Å². The number of imidazole rings is 1. The Balaban J connectivity index is 1.89. The lowest BCUT2D eigenvalue weighted by atomic mass is 10.0. The van der Waals surface area contributed by atoms with Crippen molar-refractivity contribution in [2.45, 2.75) is 18.9 Å². The van der Waals surface area contributed by atoms with Gasteiger partial charge in [0.2, 0.25) is 0 Å². The molecule has 0 saturated carbocycles. The maximum absolute atomic E-state index is 12.8. The zero-order chi connectivity index (χ0) is 18.8.